The third kappa shape index (κ3) is 0.898. The molecule has 2 aromatic rings. The summed E-state index contributed by atoms with van der Waals surface area (Å²) in [5.41, 5.74) is 1.16. The normalized spacial score (nSPS) is 10.9. The van der Waals surface area contributed by atoms with Crippen molar-refractivity contribution in [3.63, 3.8) is 0 Å². The molecule has 0 spiro atoms. The Morgan fingerprint density at radius 2 is 2.33 bits per heavy atom. The third-order valence-electron chi connectivity index (χ3n) is 1.85. The summed E-state index contributed by atoms with van der Waals surface area (Å²) in [6.45, 7) is 1.68. The predicted octanol–water partition coefficient (Wildman–Crippen LogP) is 2.66. The number of nitrogens with zero attached hydrogens (tertiary/aromatic N) is 1. The van der Waals surface area contributed by atoms with Gasteiger partial charge in [0.15, 0.2) is 11.0 Å². The zero-order valence-corrected chi connectivity index (χ0v) is 7.11. The second-order valence-electron chi connectivity index (χ2n) is 2.58. The van der Waals surface area contributed by atoms with Gasteiger partial charge in [-0.25, -0.2) is 9.37 Å². The summed E-state index contributed by atoms with van der Waals surface area (Å²) in [5, 5.41) is 0.694. The lowest BCUT2D eigenvalue weighted by Gasteiger charge is -1.99. The Kier molecular flexibility index (Phi) is 1.54. The molecule has 2 nitrogen and oxygen atoms in total. The number of hydrogen-bond acceptors (Lipinski definition) is 1. The Morgan fingerprint density at radius 3 is 3.08 bits per heavy atom. The molecule has 0 radical (unpaired) electrons. The molecule has 0 bridgehead atoms. The molecule has 2 heterocycles. The molecule has 0 saturated carbocycles. The van der Waals surface area contributed by atoms with Crippen LogP contribution >= 0.6 is 11.6 Å². The number of H-pyrrole nitrogens is 1. The van der Waals surface area contributed by atoms with Gasteiger partial charge >= 0.3 is 0 Å². The molecule has 0 fully saturated rings. The van der Waals surface area contributed by atoms with Crippen LogP contribution in [0.25, 0.3) is 11.0 Å². The van der Waals surface area contributed by atoms with E-state index in [0.717, 1.165) is 5.39 Å². The molecule has 0 unspecified atom stereocenters. The minimum absolute atomic E-state index is 0.0811. The number of hydrogen-bond donors (Lipinski definition) is 1. The lowest BCUT2D eigenvalue weighted by Crippen LogP contribution is -1.89. The summed E-state index contributed by atoms with van der Waals surface area (Å²) in [6, 6.07) is 1.77. The topological polar surface area (TPSA) is 28.7 Å². The highest BCUT2D eigenvalue weighted by Crippen LogP contribution is 2.23. The number of halogens is 2. The van der Waals surface area contributed by atoms with E-state index in [1.165, 1.54) is 0 Å². The summed E-state index contributed by atoms with van der Waals surface area (Å²) in [4.78, 5) is 6.70. The molecule has 0 aromatic carbocycles. The monoisotopic (exact) mass is 184 g/mol. The average molecular weight is 185 g/mol. The fourth-order valence-corrected chi connectivity index (χ4v) is 1.40. The van der Waals surface area contributed by atoms with Gasteiger partial charge < -0.3 is 4.98 Å². The van der Waals surface area contributed by atoms with E-state index in [0.29, 0.717) is 11.2 Å². The van der Waals surface area contributed by atoms with Gasteiger partial charge in [-0.3, -0.25) is 0 Å². The van der Waals surface area contributed by atoms with Gasteiger partial charge in [0.2, 0.25) is 0 Å². The standard InChI is InChI=1S/C8H6ClFN2/c1-4-5-2-3-11-8(5)12-7(9)6(4)10/h2-3H,1H3,(H,11,12). The molecule has 4 heteroatoms. The van der Waals surface area contributed by atoms with Crippen LogP contribution in [0, 0.1) is 12.7 Å². The maximum Gasteiger partial charge on any atom is 0.167 e. The zero-order chi connectivity index (χ0) is 8.72. The third-order valence-corrected chi connectivity index (χ3v) is 2.10. The molecule has 2 rings (SSSR count). The molecule has 0 aliphatic rings. The maximum absolute atomic E-state index is 13.1. The summed E-state index contributed by atoms with van der Waals surface area (Å²) in [7, 11) is 0. The van der Waals surface area contributed by atoms with Crippen LogP contribution in [-0.4, -0.2) is 9.97 Å². The number of pyridine rings is 1. The van der Waals surface area contributed by atoms with Crippen molar-refractivity contribution in [3.8, 4) is 0 Å². The van der Waals surface area contributed by atoms with Gasteiger partial charge in [-0.1, -0.05) is 11.6 Å². The second kappa shape index (κ2) is 2.45. The van der Waals surface area contributed by atoms with Gasteiger partial charge in [-0.2, -0.15) is 0 Å². The van der Waals surface area contributed by atoms with Crippen molar-refractivity contribution in [1.29, 1.82) is 0 Å². The largest absolute Gasteiger partial charge is 0.346 e. The molecule has 12 heavy (non-hydrogen) atoms. The van der Waals surface area contributed by atoms with Crippen molar-refractivity contribution >= 4 is 22.6 Å². The van der Waals surface area contributed by atoms with Gasteiger partial charge in [0, 0.05) is 11.6 Å². The van der Waals surface area contributed by atoms with E-state index < -0.39 is 5.82 Å². The highest BCUT2D eigenvalue weighted by atomic mass is 35.5. The minimum Gasteiger partial charge on any atom is -0.346 e. The van der Waals surface area contributed by atoms with Crippen molar-refractivity contribution in [1.82, 2.24) is 9.97 Å². The van der Waals surface area contributed by atoms with Crippen LogP contribution in [0.15, 0.2) is 12.3 Å². The molecule has 0 amide bonds. The number of rotatable bonds is 0. The second-order valence-corrected chi connectivity index (χ2v) is 2.94. The van der Waals surface area contributed by atoms with Crippen LogP contribution in [0.4, 0.5) is 4.39 Å². The van der Waals surface area contributed by atoms with E-state index in [1.54, 1.807) is 19.2 Å². The molecule has 0 aliphatic carbocycles. The van der Waals surface area contributed by atoms with Crippen LogP contribution in [0.3, 0.4) is 0 Å². The van der Waals surface area contributed by atoms with Crippen molar-refractivity contribution in [2.75, 3.05) is 0 Å². The van der Waals surface area contributed by atoms with E-state index in [-0.39, 0.29) is 5.15 Å². The van der Waals surface area contributed by atoms with Gasteiger partial charge in [0.25, 0.3) is 0 Å². The summed E-state index contributed by atoms with van der Waals surface area (Å²) in [5.74, 6) is -0.441. The van der Waals surface area contributed by atoms with Crippen molar-refractivity contribution in [2.45, 2.75) is 6.92 Å². The quantitative estimate of drug-likeness (QED) is 0.627. The first-order chi connectivity index (χ1) is 5.70. The lowest BCUT2D eigenvalue weighted by molar-refractivity contribution is 0.616. The Balaban J connectivity index is 2.94. The average Bonchev–Trinajstić information content (AvgIpc) is 2.48. The van der Waals surface area contributed by atoms with E-state index in [9.17, 15) is 4.39 Å². The molecule has 0 saturated heterocycles. The van der Waals surface area contributed by atoms with Crippen molar-refractivity contribution in [3.05, 3.63) is 28.8 Å². The van der Waals surface area contributed by atoms with Gasteiger partial charge in [-0.05, 0) is 18.6 Å². The molecular formula is C8H6ClFN2. The lowest BCUT2D eigenvalue weighted by atomic mass is 10.2. The van der Waals surface area contributed by atoms with Crippen LogP contribution in [-0.2, 0) is 0 Å². The van der Waals surface area contributed by atoms with Gasteiger partial charge in [0.05, 0.1) is 0 Å². The number of aromatic amines is 1. The number of nitrogens with one attached hydrogen (secondary N) is 1. The summed E-state index contributed by atoms with van der Waals surface area (Å²) in [6.07, 6.45) is 1.71. The first-order valence-electron chi connectivity index (χ1n) is 3.49. The Labute approximate surface area is 73.4 Å². The first-order valence-corrected chi connectivity index (χ1v) is 3.86. The fraction of sp³-hybridized carbons (Fsp3) is 0.125. The van der Waals surface area contributed by atoms with Crippen LogP contribution in [0.1, 0.15) is 5.56 Å². The zero-order valence-electron chi connectivity index (χ0n) is 6.36. The summed E-state index contributed by atoms with van der Waals surface area (Å²) >= 11 is 5.54. The van der Waals surface area contributed by atoms with E-state index in [2.05, 4.69) is 9.97 Å². The van der Waals surface area contributed by atoms with Crippen LogP contribution in [0.2, 0.25) is 5.15 Å². The molecule has 2 aromatic heterocycles. The van der Waals surface area contributed by atoms with E-state index >= 15 is 0 Å². The van der Waals surface area contributed by atoms with Crippen LogP contribution in [0.5, 0.6) is 0 Å². The SMILES string of the molecule is Cc1c(F)c(Cl)nc2[nH]ccc12. The predicted molar refractivity (Wildman–Crippen MR) is 45.8 cm³/mol. The fourth-order valence-electron chi connectivity index (χ4n) is 1.18. The summed E-state index contributed by atoms with van der Waals surface area (Å²) < 4.78 is 13.1. The molecular weight excluding hydrogens is 179 g/mol. The first kappa shape index (κ1) is 7.55. The van der Waals surface area contributed by atoms with Crippen molar-refractivity contribution < 1.29 is 4.39 Å². The molecule has 62 valence electrons. The van der Waals surface area contributed by atoms with Crippen molar-refractivity contribution in [2.24, 2.45) is 0 Å². The Bertz CT molecular complexity index is 436. The highest BCUT2D eigenvalue weighted by Gasteiger charge is 2.09. The molecule has 0 aliphatic heterocycles. The Morgan fingerprint density at radius 1 is 1.58 bits per heavy atom. The number of aromatic nitrogens is 2. The van der Waals surface area contributed by atoms with Crippen LogP contribution < -0.4 is 0 Å². The highest BCUT2D eigenvalue weighted by molar-refractivity contribution is 6.30. The smallest absolute Gasteiger partial charge is 0.167 e. The number of aryl methyl sites for hydroxylation is 1. The Hall–Kier alpha value is -1.09. The maximum atomic E-state index is 13.1. The van der Waals surface area contributed by atoms with Gasteiger partial charge in [0.1, 0.15) is 5.65 Å². The molecule has 0 atom stereocenters. The number of fused-ring (bicyclic) bond motifs is 1. The molecule has 1 N–H and O–H groups in total. The minimum atomic E-state index is -0.441. The van der Waals surface area contributed by atoms with Gasteiger partial charge in [-0.15, -0.1) is 0 Å². The van der Waals surface area contributed by atoms with E-state index in [4.69, 9.17) is 11.6 Å². The van der Waals surface area contributed by atoms with E-state index in [1.807, 2.05) is 0 Å².